The minimum atomic E-state index is 0.288. The van der Waals surface area contributed by atoms with Gasteiger partial charge >= 0.3 is 0 Å². The number of rotatable bonds is 5. The van der Waals surface area contributed by atoms with E-state index in [2.05, 4.69) is 51.4 Å². The monoisotopic (exact) mass is 293 g/mol. The Kier molecular flexibility index (Phi) is 5.30. The van der Waals surface area contributed by atoms with E-state index >= 15 is 0 Å². The summed E-state index contributed by atoms with van der Waals surface area (Å²) in [6.45, 7) is 13.0. The van der Waals surface area contributed by atoms with Gasteiger partial charge in [0.05, 0.1) is 0 Å². The summed E-state index contributed by atoms with van der Waals surface area (Å²) in [4.78, 5) is 1.44. The summed E-state index contributed by atoms with van der Waals surface area (Å²) in [5, 5.41) is 6.22. The fraction of sp³-hybridized carbons (Fsp3) is 0.778. The van der Waals surface area contributed by atoms with Crippen LogP contribution in [0, 0.1) is 18.8 Å². The summed E-state index contributed by atoms with van der Waals surface area (Å²) in [6.07, 6.45) is 5.33. The molecule has 1 nitrogen and oxygen atoms in total. The predicted molar refractivity (Wildman–Crippen MR) is 90.7 cm³/mol. The molecule has 1 aromatic rings. The van der Waals surface area contributed by atoms with Crippen LogP contribution in [0.3, 0.4) is 0 Å². The molecule has 1 saturated carbocycles. The fourth-order valence-electron chi connectivity index (χ4n) is 3.80. The maximum Gasteiger partial charge on any atom is 0.0106 e. The minimum absolute atomic E-state index is 0.288. The van der Waals surface area contributed by atoms with Crippen LogP contribution in [0.1, 0.15) is 63.8 Å². The van der Waals surface area contributed by atoms with Gasteiger partial charge in [-0.15, -0.1) is 11.3 Å². The molecule has 0 bridgehead atoms. The maximum atomic E-state index is 3.84. The van der Waals surface area contributed by atoms with Gasteiger partial charge < -0.3 is 5.32 Å². The molecular formula is C18H31NS. The molecule has 0 saturated heterocycles. The van der Waals surface area contributed by atoms with E-state index in [1.165, 1.54) is 30.6 Å². The van der Waals surface area contributed by atoms with Crippen molar-refractivity contribution in [1.82, 2.24) is 5.32 Å². The molecule has 1 fully saturated rings. The van der Waals surface area contributed by atoms with Crippen molar-refractivity contribution in [3.8, 4) is 0 Å². The van der Waals surface area contributed by atoms with Crippen molar-refractivity contribution in [1.29, 1.82) is 0 Å². The van der Waals surface area contributed by atoms with E-state index in [9.17, 15) is 0 Å². The molecule has 2 rings (SSSR count). The number of nitrogens with one attached hydrogen (secondary N) is 1. The van der Waals surface area contributed by atoms with Gasteiger partial charge in [-0.25, -0.2) is 0 Å². The third kappa shape index (κ3) is 3.46. The highest BCUT2D eigenvalue weighted by Crippen LogP contribution is 2.43. The first kappa shape index (κ1) is 16.0. The zero-order chi connectivity index (χ0) is 14.8. The molecule has 0 aromatic carbocycles. The van der Waals surface area contributed by atoms with Crippen LogP contribution in [0.15, 0.2) is 11.4 Å². The maximum absolute atomic E-state index is 3.84. The lowest BCUT2D eigenvalue weighted by Gasteiger charge is -2.44. The molecular weight excluding hydrogens is 262 g/mol. The van der Waals surface area contributed by atoms with Gasteiger partial charge in [-0.3, -0.25) is 0 Å². The van der Waals surface area contributed by atoms with Crippen LogP contribution in [-0.2, 0) is 5.41 Å². The van der Waals surface area contributed by atoms with Crippen LogP contribution in [0.4, 0.5) is 0 Å². The van der Waals surface area contributed by atoms with E-state index in [1.54, 1.807) is 5.56 Å². The van der Waals surface area contributed by atoms with Crippen molar-refractivity contribution in [2.45, 2.75) is 71.8 Å². The number of hydrogen-bond acceptors (Lipinski definition) is 2. The first-order chi connectivity index (χ1) is 9.45. The number of thiophene rings is 1. The normalized spacial score (nSPS) is 27.8. The Balaban J connectivity index is 2.18. The molecule has 1 aliphatic carbocycles. The molecule has 3 unspecified atom stereocenters. The number of aryl methyl sites for hydroxylation is 1. The van der Waals surface area contributed by atoms with Crippen LogP contribution < -0.4 is 5.32 Å². The Morgan fingerprint density at radius 1 is 1.35 bits per heavy atom. The molecule has 0 amide bonds. The standard InChI is InChI=1S/C18H31NS/c1-6-9-19-17-10-13(2)7-8-16(17)18(4,5)15-11-14(3)20-12-15/h11-13,16-17,19H,6-10H2,1-5H3. The smallest absolute Gasteiger partial charge is 0.0106 e. The largest absolute Gasteiger partial charge is 0.314 e. The SMILES string of the molecule is CCCNC1CC(C)CCC1C(C)(C)c1csc(C)c1. The minimum Gasteiger partial charge on any atom is -0.314 e. The molecule has 0 radical (unpaired) electrons. The van der Waals surface area contributed by atoms with Crippen LogP contribution in [0.2, 0.25) is 0 Å². The first-order valence-electron chi connectivity index (χ1n) is 8.24. The Labute approximate surface area is 129 Å². The van der Waals surface area contributed by atoms with E-state index in [0.717, 1.165) is 18.4 Å². The Morgan fingerprint density at radius 2 is 2.10 bits per heavy atom. The quantitative estimate of drug-likeness (QED) is 0.792. The highest BCUT2D eigenvalue weighted by atomic mass is 32.1. The van der Waals surface area contributed by atoms with E-state index in [4.69, 9.17) is 0 Å². The highest BCUT2D eigenvalue weighted by molar-refractivity contribution is 7.10. The van der Waals surface area contributed by atoms with Gasteiger partial charge in [-0.2, -0.15) is 0 Å². The second-order valence-electron chi connectivity index (χ2n) is 7.25. The van der Waals surface area contributed by atoms with Crippen LogP contribution >= 0.6 is 11.3 Å². The molecule has 2 heteroatoms. The zero-order valence-corrected chi connectivity index (χ0v) is 14.6. The average molecular weight is 294 g/mol. The summed E-state index contributed by atoms with van der Waals surface area (Å²) < 4.78 is 0. The molecule has 1 N–H and O–H groups in total. The van der Waals surface area contributed by atoms with Crippen LogP contribution in [-0.4, -0.2) is 12.6 Å². The lowest BCUT2D eigenvalue weighted by atomic mass is 9.64. The van der Waals surface area contributed by atoms with Gasteiger partial charge in [0.1, 0.15) is 0 Å². The van der Waals surface area contributed by atoms with Crippen molar-refractivity contribution in [2.24, 2.45) is 11.8 Å². The summed E-state index contributed by atoms with van der Waals surface area (Å²) in [5.41, 5.74) is 1.83. The summed E-state index contributed by atoms with van der Waals surface area (Å²) >= 11 is 1.89. The van der Waals surface area contributed by atoms with Gasteiger partial charge in [0.2, 0.25) is 0 Å². The third-order valence-electron chi connectivity index (χ3n) is 5.17. The number of hydrogen-bond donors (Lipinski definition) is 1. The second-order valence-corrected chi connectivity index (χ2v) is 8.37. The van der Waals surface area contributed by atoms with Crippen molar-refractivity contribution in [2.75, 3.05) is 6.54 Å². The van der Waals surface area contributed by atoms with Gasteiger partial charge in [0.15, 0.2) is 0 Å². The second kappa shape index (κ2) is 6.62. The molecule has 114 valence electrons. The van der Waals surface area contributed by atoms with Gasteiger partial charge in [-0.05, 0) is 67.0 Å². The first-order valence-corrected chi connectivity index (χ1v) is 9.12. The van der Waals surface area contributed by atoms with E-state index in [0.29, 0.717) is 6.04 Å². The van der Waals surface area contributed by atoms with Gasteiger partial charge in [0.25, 0.3) is 0 Å². The molecule has 0 aliphatic heterocycles. The molecule has 1 heterocycles. The fourth-order valence-corrected chi connectivity index (χ4v) is 4.68. The van der Waals surface area contributed by atoms with E-state index < -0.39 is 0 Å². The molecule has 1 aromatic heterocycles. The summed E-state index contributed by atoms with van der Waals surface area (Å²) in [7, 11) is 0. The van der Waals surface area contributed by atoms with Gasteiger partial charge in [-0.1, -0.05) is 34.1 Å². The molecule has 1 aliphatic rings. The van der Waals surface area contributed by atoms with Crippen LogP contribution in [0.25, 0.3) is 0 Å². The van der Waals surface area contributed by atoms with Crippen molar-refractivity contribution in [3.63, 3.8) is 0 Å². The zero-order valence-electron chi connectivity index (χ0n) is 13.8. The summed E-state index contributed by atoms with van der Waals surface area (Å²) in [6, 6.07) is 3.09. The average Bonchev–Trinajstić information content (AvgIpc) is 2.83. The lowest BCUT2D eigenvalue weighted by molar-refractivity contribution is 0.146. The Hall–Kier alpha value is -0.340. The predicted octanol–water partition coefficient (Wildman–Crippen LogP) is 5.14. The Bertz CT molecular complexity index is 421. The van der Waals surface area contributed by atoms with Crippen molar-refractivity contribution in [3.05, 3.63) is 21.9 Å². The molecule has 3 atom stereocenters. The van der Waals surface area contributed by atoms with Crippen molar-refractivity contribution >= 4 is 11.3 Å². The van der Waals surface area contributed by atoms with E-state index in [1.807, 2.05) is 11.3 Å². The molecule has 0 spiro atoms. The highest BCUT2D eigenvalue weighted by Gasteiger charge is 2.39. The van der Waals surface area contributed by atoms with Crippen LogP contribution in [0.5, 0.6) is 0 Å². The lowest BCUT2D eigenvalue weighted by Crippen LogP contribution is -2.48. The van der Waals surface area contributed by atoms with Gasteiger partial charge in [0, 0.05) is 10.9 Å². The third-order valence-corrected chi connectivity index (χ3v) is 6.03. The molecule has 20 heavy (non-hydrogen) atoms. The van der Waals surface area contributed by atoms with E-state index in [-0.39, 0.29) is 5.41 Å². The topological polar surface area (TPSA) is 12.0 Å². The Morgan fingerprint density at radius 3 is 2.70 bits per heavy atom. The van der Waals surface area contributed by atoms with Crippen molar-refractivity contribution < 1.29 is 0 Å². The summed E-state index contributed by atoms with van der Waals surface area (Å²) in [5.74, 6) is 1.64.